The number of carbonyl (C=O) groups excluding carboxylic acids is 1. The molecule has 0 aliphatic rings. The maximum atomic E-state index is 13.2. The summed E-state index contributed by atoms with van der Waals surface area (Å²) in [5, 5.41) is 9.03. The number of rotatable bonds is 3. The van der Waals surface area contributed by atoms with Crippen molar-refractivity contribution in [1.29, 1.82) is 0 Å². The molecule has 0 aliphatic heterocycles. The predicted octanol–water partition coefficient (Wildman–Crippen LogP) is 1.64. The summed E-state index contributed by atoms with van der Waals surface area (Å²) in [6.07, 6.45) is 0.337. The molecule has 0 saturated heterocycles. The largest absolute Gasteiger partial charge is 0.505 e. The Morgan fingerprint density at radius 3 is 2.93 bits per heavy atom. The second-order valence-corrected chi connectivity index (χ2v) is 2.83. The van der Waals surface area contributed by atoms with E-state index in [2.05, 4.69) is 4.74 Å². The van der Waals surface area contributed by atoms with E-state index in [0.29, 0.717) is 5.56 Å². The zero-order chi connectivity index (χ0) is 10.6. The first-order valence-electron chi connectivity index (χ1n) is 4.18. The SMILES string of the molecule is COC(=O)CCc1cccc(O)c1F. The molecule has 0 amide bonds. The molecule has 0 unspecified atom stereocenters. The first-order valence-corrected chi connectivity index (χ1v) is 4.18. The van der Waals surface area contributed by atoms with E-state index in [4.69, 9.17) is 5.11 Å². The second-order valence-electron chi connectivity index (χ2n) is 2.83. The average Bonchev–Trinajstić information content (AvgIpc) is 2.20. The highest BCUT2D eigenvalue weighted by atomic mass is 19.1. The molecule has 1 aromatic rings. The maximum Gasteiger partial charge on any atom is 0.305 e. The third-order valence-electron chi connectivity index (χ3n) is 1.88. The molecule has 0 spiro atoms. The van der Waals surface area contributed by atoms with Gasteiger partial charge in [0.15, 0.2) is 11.6 Å². The van der Waals surface area contributed by atoms with Crippen LogP contribution in [0.1, 0.15) is 12.0 Å². The number of esters is 1. The summed E-state index contributed by atoms with van der Waals surface area (Å²) in [6, 6.07) is 4.32. The van der Waals surface area contributed by atoms with Gasteiger partial charge in [-0.15, -0.1) is 0 Å². The fraction of sp³-hybridized carbons (Fsp3) is 0.300. The van der Waals surface area contributed by atoms with Crippen molar-refractivity contribution in [3.05, 3.63) is 29.6 Å². The number of hydrogen-bond acceptors (Lipinski definition) is 3. The van der Waals surface area contributed by atoms with E-state index in [1.165, 1.54) is 25.3 Å². The Hall–Kier alpha value is -1.58. The van der Waals surface area contributed by atoms with E-state index in [0.717, 1.165) is 0 Å². The van der Waals surface area contributed by atoms with Crippen molar-refractivity contribution in [3.63, 3.8) is 0 Å². The lowest BCUT2D eigenvalue weighted by Gasteiger charge is -2.03. The Morgan fingerprint density at radius 1 is 1.57 bits per heavy atom. The van der Waals surface area contributed by atoms with Gasteiger partial charge in [0, 0.05) is 6.42 Å². The minimum atomic E-state index is -0.670. The van der Waals surface area contributed by atoms with Gasteiger partial charge in [-0.25, -0.2) is 4.39 Å². The number of halogens is 1. The van der Waals surface area contributed by atoms with Gasteiger partial charge in [0.1, 0.15) is 0 Å². The summed E-state index contributed by atoms with van der Waals surface area (Å²) < 4.78 is 17.6. The summed E-state index contributed by atoms with van der Waals surface area (Å²) >= 11 is 0. The summed E-state index contributed by atoms with van der Waals surface area (Å²) in [5.74, 6) is -1.46. The number of aryl methyl sites for hydroxylation is 1. The minimum absolute atomic E-state index is 0.108. The average molecular weight is 198 g/mol. The van der Waals surface area contributed by atoms with Gasteiger partial charge in [-0.3, -0.25) is 4.79 Å². The molecule has 76 valence electrons. The number of aromatic hydroxyl groups is 1. The van der Waals surface area contributed by atoms with Crippen molar-refractivity contribution in [2.75, 3.05) is 7.11 Å². The molecule has 0 fully saturated rings. The molecule has 1 N–H and O–H groups in total. The van der Waals surface area contributed by atoms with Crippen LogP contribution < -0.4 is 0 Å². The third-order valence-corrected chi connectivity index (χ3v) is 1.88. The normalized spacial score (nSPS) is 9.86. The van der Waals surface area contributed by atoms with E-state index in [9.17, 15) is 9.18 Å². The Balaban J connectivity index is 2.68. The van der Waals surface area contributed by atoms with Crippen molar-refractivity contribution in [2.45, 2.75) is 12.8 Å². The van der Waals surface area contributed by atoms with E-state index < -0.39 is 17.5 Å². The van der Waals surface area contributed by atoms with Crippen LogP contribution in [0.2, 0.25) is 0 Å². The van der Waals surface area contributed by atoms with E-state index in [-0.39, 0.29) is 12.8 Å². The number of phenolic OH excluding ortho intramolecular Hbond substituents is 1. The molecule has 14 heavy (non-hydrogen) atoms. The summed E-state index contributed by atoms with van der Waals surface area (Å²) in [7, 11) is 1.28. The van der Waals surface area contributed by atoms with Crippen LogP contribution in [-0.4, -0.2) is 18.2 Å². The highest BCUT2D eigenvalue weighted by molar-refractivity contribution is 5.69. The van der Waals surface area contributed by atoms with Gasteiger partial charge in [-0.05, 0) is 18.1 Å². The van der Waals surface area contributed by atoms with Crippen LogP contribution >= 0.6 is 0 Å². The summed E-state index contributed by atoms with van der Waals surface area (Å²) in [6.45, 7) is 0. The fourth-order valence-electron chi connectivity index (χ4n) is 1.10. The number of benzene rings is 1. The van der Waals surface area contributed by atoms with Crippen molar-refractivity contribution in [3.8, 4) is 5.75 Å². The van der Waals surface area contributed by atoms with Crippen molar-refractivity contribution < 1.29 is 19.0 Å². The lowest BCUT2D eigenvalue weighted by atomic mass is 10.1. The molecule has 0 heterocycles. The number of ether oxygens (including phenoxy) is 1. The highest BCUT2D eigenvalue weighted by Gasteiger charge is 2.08. The van der Waals surface area contributed by atoms with Gasteiger partial charge >= 0.3 is 5.97 Å². The molecular weight excluding hydrogens is 187 g/mol. The molecule has 3 nitrogen and oxygen atoms in total. The standard InChI is InChI=1S/C10H11FO3/c1-14-9(13)6-5-7-3-2-4-8(12)10(7)11/h2-4,12H,5-6H2,1H3. The summed E-state index contributed by atoms with van der Waals surface area (Å²) in [4.78, 5) is 10.8. The van der Waals surface area contributed by atoms with E-state index >= 15 is 0 Å². The van der Waals surface area contributed by atoms with Crippen LogP contribution in [0.4, 0.5) is 4.39 Å². The quantitative estimate of drug-likeness (QED) is 0.751. The molecule has 1 aromatic carbocycles. The maximum absolute atomic E-state index is 13.2. The van der Waals surface area contributed by atoms with Crippen molar-refractivity contribution >= 4 is 5.97 Å². The summed E-state index contributed by atoms with van der Waals surface area (Å²) in [5.41, 5.74) is 0.315. The Kier molecular flexibility index (Phi) is 3.45. The Labute approximate surface area is 81.1 Å². The van der Waals surface area contributed by atoms with Crippen molar-refractivity contribution in [1.82, 2.24) is 0 Å². The molecule has 1 rings (SSSR count). The first kappa shape index (κ1) is 10.5. The first-order chi connectivity index (χ1) is 6.65. The number of carbonyl (C=O) groups is 1. The van der Waals surface area contributed by atoms with Gasteiger partial charge in [0.25, 0.3) is 0 Å². The van der Waals surface area contributed by atoms with Crippen LogP contribution in [0.25, 0.3) is 0 Å². The van der Waals surface area contributed by atoms with Gasteiger partial charge in [0.2, 0.25) is 0 Å². The molecule has 0 atom stereocenters. The third kappa shape index (κ3) is 2.45. The number of phenols is 1. The van der Waals surface area contributed by atoms with E-state index in [1.54, 1.807) is 0 Å². The predicted molar refractivity (Wildman–Crippen MR) is 48.4 cm³/mol. The van der Waals surface area contributed by atoms with Gasteiger partial charge in [0.05, 0.1) is 7.11 Å². The zero-order valence-corrected chi connectivity index (χ0v) is 7.79. The van der Waals surface area contributed by atoms with Crippen LogP contribution in [0.5, 0.6) is 5.75 Å². The topological polar surface area (TPSA) is 46.5 Å². The van der Waals surface area contributed by atoms with Crippen molar-refractivity contribution in [2.24, 2.45) is 0 Å². The van der Waals surface area contributed by atoms with Crippen LogP contribution in [0.15, 0.2) is 18.2 Å². The molecule has 0 saturated carbocycles. The lowest BCUT2D eigenvalue weighted by Crippen LogP contribution is -2.03. The number of methoxy groups -OCH3 is 1. The minimum Gasteiger partial charge on any atom is -0.505 e. The highest BCUT2D eigenvalue weighted by Crippen LogP contribution is 2.19. The lowest BCUT2D eigenvalue weighted by molar-refractivity contribution is -0.140. The smallest absolute Gasteiger partial charge is 0.305 e. The second kappa shape index (κ2) is 4.60. The fourth-order valence-corrected chi connectivity index (χ4v) is 1.10. The van der Waals surface area contributed by atoms with Gasteiger partial charge < -0.3 is 9.84 Å². The van der Waals surface area contributed by atoms with Crippen LogP contribution in [0, 0.1) is 5.82 Å². The monoisotopic (exact) mass is 198 g/mol. The van der Waals surface area contributed by atoms with Crippen LogP contribution in [0.3, 0.4) is 0 Å². The zero-order valence-electron chi connectivity index (χ0n) is 7.79. The Bertz CT molecular complexity index is 336. The number of hydrogen-bond donors (Lipinski definition) is 1. The molecule has 0 aliphatic carbocycles. The molecular formula is C10H11FO3. The van der Waals surface area contributed by atoms with Crippen LogP contribution in [-0.2, 0) is 16.0 Å². The Morgan fingerprint density at radius 2 is 2.29 bits per heavy atom. The molecule has 0 radical (unpaired) electrons. The molecule has 0 aromatic heterocycles. The van der Waals surface area contributed by atoms with Gasteiger partial charge in [-0.2, -0.15) is 0 Å². The molecule has 4 heteroatoms. The molecule has 0 bridgehead atoms. The van der Waals surface area contributed by atoms with Gasteiger partial charge in [-0.1, -0.05) is 12.1 Å². The van der Waals surface area contributed by atoms with E-state index in [1.807, 2.05) is 0 Å².